The van der Waals surface area contributed by atoms with Crippen molar-refractivity contribution in [2.45, 2.75) is 26.6 Å². The predicted octanol–water partition coefficient (Wildman–Crippen LogP) is 3.61. The molecule has 0 spiro atoms. The van der Waals surface area contributed by atoms with E-state index in [1.54, 1.807) is 0 Å². The normalized spacial score (nSPS) is 13.0. The van der Waals surface area contributed by atoms with Gasteiger partial charge in [0.1, 0.15) is 0 Å². The summed E-state index contributed by atoms with van der Waals surface area (Å²) < 4.78 is 0. The van der Waals surface area contributed by atoms with E-state index >= 15 is 0 Å². The lowest BCUT2D eigenvalue weighted by Gasteiger charge is -2.21. The Balaban J connectivity index is 1.79. The lowest BCUT2D eigenvalue weighted by Crippen LogP contribution is -2.30. The first kappa shape index (κ1) is 15.1. The first-order valence-corrected chi connectivity index (χ1v) is 7.91. The molecule has 0 saturated heterocycles. The van der Waals surface area contributed by atoms with Gasteiger partial charge < -0.3 is 10.2 Å². The second kappa shape index (κ2) is 6.51. The largest absolute Gasteiger partial charge is 0.335 e. The van der Waals surface area contributed by atoms with E-state index in [2.05, 4.69) is 11.4 Å². The van der Waals surface area contributed by atoms with Crippen molar-refractivity contribution >= 4 is 17.5 Å². The zero-order valence-electron chi connectivity index (χ0n) is 12.6. The van der Waals surface area contributed by atoms with Crippen LogP contribution in [0.4, 0.5) is 0 Å². The molecule has 0 aromatic heterocycles. The number of hydrogen-bond donors (Lipinski definition) is 1. The van der Waals surface area contributed by atoms with Crippen LogP contribution in [0.25, 0.3) is 0 Å². The standard InChI is InChI=1S/C18H19ClN2O/c1-2-21(12-13-4-3-5-17(19)8-13)18(22)14-6-7-15-10-20-11-16(15)9-14/h3-9,20H,2,10-12H2,1H3. The summed E-state index contributed by atoms with van der Waals surface area (Å²) in [7, 11) is 0. The number of benzene rings is 2. The average molecular weight is 315 g/mol. The fourth-order valence-corrected chi connectivity index (χ4v) is 3.01. The molecule has 0 saturated carbocycles. The molecule has 0 bridgehead atoms. The third-order valence-electron chi connectivity index (χ3n) is 4.02. The molecule has 2 aromatic rings. The predicted molar refractivity (Wildman–Crippen MR) is 88.9 cm³/mol. The lowest BCUT2D eigenvalue weighted by molar-refractivity contribution is 0.0752. The third kappa shape index (κ3) is 3.16. The van der Waals surface area contributed by atoms with Crippen LogP contribution in [0.1, 0.15) is 34.0 Å². The summed E-state index contributed by atoms with van der Waals surface area (Å²) in [6.45, 7) is 4.98. The fourth-order valence-electron chi connectivity index (χ4n) is 2.79. The molecule has 1 amide bonds. The molecule has 0 radical (unpaired) electrons. The van der Waals surface area contributed by atoms with Crippen molar-refractivity contribution in [1.82, 2.24) is 10.2 Å². The van der Waals surface area contributed by atoms with Gasteiger partial charge in [0.25, 0.3) is 5.91 Å². The molecule has 4 heteroatoms. The second-order valence-corrected chi connectivity index (χ2v) is 5.97. The Labute approximate surface area is 135 Å². The average Bonchev–Trinajstić information content (AvgIpc) is 2.99. The van der Waals surface area contributed by atoms with Crippen molar-refractivity contribution in [1.29, 1.82) is 0 Å². The molecule has 0 aliphatic carbocycles. The first-order valence-electron chi connectivity index (χ1n) is 7.53. The Hall–Kier alpha value is -1.84. The van der Waals surface area contributed by atoms with Crippen molar-refractivity contribution in [3.63, 3.8) is 0 Å². The van der Waals surface area contributed by atoms with Crippen molar-refractivity contribution in [3.05, 3.63) is 69.7 Å². The molecule has 114 valence electrons. The van der Waals surface area contributed by atoms with Crippen molar-refractivity contribution in [3.8, 4) is 0 Å². The highest BCUT2D eigenvalue weighted by molar-refractivity contribution is 6.30. The van der Waals surface area contributed by atoms with Crippen LogP contribution in [0, 0.1) is 0 Å². The van der Waals surface area contributed by atoms with Crippen molar-refractivity contribution in [2.75, 3.05) is 6.54 Å². The van der Waals surface area contributed by atoms with Crippen LogP contribution in [0.15, 0.2) is 42.5 Å². The van der Waals surface area contributed by atoms with Crippen LogP contribution in [0.5, 0.6) is 0 Å². The van der Waals surface area contributed by atoms with Crippen LogP contribution >= 0.6 is 11.6 Å². The topological polar surface area (TPSA) is 32.3 Å². The van der Waals surface area contributed by atoms with Gasteiger partial charge in [-0.2, -0.15) is 0 Å². The van der Waals surface area contributed by atoms with Crippen molar-refractivity contribution < 1.29 is 4.79 Å². The minimum absolute atomic E-state index is 0.0668. The van der Waals surface area contributed by atoms with E-state index in [-0.39, 0.29) is 5.91 Å². The SMILES string of the molecule is CCN(Cc1cccc(Cl)c1)C(=O)c1ccc2c(c1)CNC2. The van der Waals surface area contributed by atoms with Crippen LogP contribution in [0.2, 0.25) is 5.02 Å². The summed E-state index contributed by atoms with van der Waals surface area (Å²) in [6.07, 6.45) is 0. The Bertz CT molecular complexity index is 699. The van der Waals surface area contributed by atoms with Crippen LogP contribution < -0.4 is 5.32 Å². The molecule has 1 N–H and O–H groups in total. The summed E-state index contributed by atoms with van der Waals surface area (Å²) in [6, 6.07) is 13.6. The highest BCUT2D eigenvalue weighted by atomic mass is 35.5. The summed E-state index contributed by atoms with van der Waals surface area (Å²) in [5, 5.41) is 4.00. The molecule has 1 aliphatic rings. The van der Waals surface area contributed by atoms with E-state index in [1.807, 2.05) is 48.2 Å². The monoisotopic (exact) mass is 314 g/mol. The van der Waals surface area contributed by atoms with Crippen LogP contribution in [-0.4, -0.2) is 17.4 Å². The Morgan fingerprint density at radius 2 is 2.00 bits per heavy atom. The molecule has 0 atom stereocenters. The number of carbonyl (C=O) groups is 1. The quantitative estimate of drug-likeness (QED) is 0.935. The van der Waals surface area contributed by atoms with Gasteiger partial charge in [0.2, 0.25) is 0 Å². The number of carbonyl (C=O) groups excluding carboxylic acids is 1. The number of amides is 1. The third-order valence-corrected chi connectivity index (χ3v) is 4.25. The summed E-state index contributed by atoms with van der Waals surface area (Å²) >= 11 is 6.02. The molecule has 3 nitrogen and oxygen atoms in total. The van der Waals surface area contributed by atoms with Gasteiger partial charge in [0.05, 0.1) is 0 Å². The van der Waals surface area contributed by atoms with Crippen LogP contribution in [-0.2, 0) is 19.6 Å². The smallest absolute Gasteiger partial charge is 0.254 e. The zero-order valence-corrected chi connectivity index (χ0v) is 13.4. The fraction of sp³-hybridized carbons (Fsp3) is 0.278. The van der Waals surface area contributed by atoms with Gasteiger partial charge in [0, 0.05) is 36.8 Å². The minimum Gasteiger partial charge on any atom is -0.335 e. The Kier molecular flexibility index (Phi) is 4.46. The molecular weight excluding hydrogens is 296 g/mol. The van der Waals surface area contributed by atoms with Gasteiger partial charge in [-0.3, -0.25) is 4.79 Å². The van der Waals surface area contributed by atoms with E-state index in [0.29, 0.717) is 18.1 Å². The first-order chi connectivity index (χ1) is 10.7. The van der Waals surface area contributed by atoms with Gasteiger partial charge in [-0.05, 0) is 47.9 Å². The zero-order chi connectivity index (χ0) is 15.5. The number of halogens is 1. The Morgan fingerprint density at radius 1 is 1.18 bits per heavy atom. The maximum atomic E-state index is 12.7. The molecule has 0 fully saturated rings. The van der Waals surface area contributed by atoms with E-state index in [0.717, 1.165) is 24.2 Å². The van der Waals surface area contributed by atoms with Gasteiger partial charge >= 0.3 is 0 Å². The highest BCUT2D eigenvalue weighted by Crippen LogP contribution is 2.19. The Morgan fingerprint density at radius 3 is 2.77 bits per heavy atom. The number of rotatable bonds is 4. The number of nitrogens with one attached hydrogen (secondary N) is 1. The minimum atomic E-state index is 0.0668. The lowest BCUT2D eigenvalue weighted by atomic mass is 10.1. The van der Waals surface area contributed by atoms with E-state index in [9.17, 15) is 4.79 Å². The highest BCUT2D eigenvalue weighted by Gasteiger charge is 2.18. The van der Waals surface area contributed by atoms with Gasteiger partial charge in [-0.1, -0.05) is 29.8 Å². The molecule has 0 unspecified atom stereocenters. The van der Waals surface area contributed by atoms with E-state index in [4.69, 9.17) is 11.6 Å². The van der Waals surface area contributed by atoms with E-state index in [1.165, 1.54) is 11.1 Å². The molecule has 2 aromatic carbocycles. The van der Waals surface area contributed by atoms with Crippen LogP contribution in [0.3, 0.4) is 0 Å². The number of fused-ring (bicyclic) bond motifs is 1. The van der Waals surface area contributed by atoms with Gasteiger partial charge in [0.15, 0.2) is 0 Å². The summed E-state index contributed by atoms with van der Waals surface area (Å²) in [4.78, 5) is 14.6. The molecule has 1 aliphatic heterocycles. The molecular formula is C18H19ClN2O. The molecule has 1 heterocycles. The maximum absolute atomic E-state index is 12.7. The van der Waals surface area contributed by atoms with Gasteiger partial charge in [-0.15, -0.1) is 0 Å². The maximum Gasteiger partial charge on any atom is 0.254 e. The number of hydrogen-bond acceptors (Lipinski definition) is 2. The van der Waals surface area contributed by atoms with Gasteiger partial charge in [-0.25, -0.2) is 0 Å². The molecule has 22 heavy (non-hydrogen) atoms. The second-order valence-electron chi connectivity index (χ2n) is 5.54. The number of nitrogens with zero attached hydrogens (tertiary/aromatic N) is 1. The molecule has 3 rings (SSSR count). The summed E-state index contributed by atoms with van der Waals surface area (Å²) in [5.41, 5.74) is 4.32. The van der Waals surface area contributed by atoms with E-state index < -0.39 is 0 Å². The van der Waals surface area contributed by atoms with Crippen molar-refractivity contribution in [2.24, 2.45) is 0 Å². The summed E-state index contributed by atoms with van der Waals surface area (Å²) in [5.74, 6) is 0.0668.